The molecule has 4 heteroatoms. The Bertz CT molecular complexity index is 812. The van der Waals surface area contributed by atoms with E-state index in [2.05, 4.69) is 4.98 Å². The van der Waals surface area contributed by atoms with Crippen molar-refractivity contribution in [1.82, 2.24) is 4.98 Å². The molecule has 1 heterocycles. The summed E-state index contributed by atoms with van der Waals surface area (Å²) < 4.78 is 0. The molecule has 0 saturated carbocycles. The number of pyridine rings is 1. The number of primary amides is 1. The van der Waals surface area contributed by atoms with Crippen LogP contribution in [0.25, 0.3) is 22.2 Å². The van der Waals surface area contributed by atoms with Crippen molar-refractivity contribution in [3.05, 3.63) is 60.2 Å². The van der Waals surface area contributed by atoms with Gasteiger partial charge in [0.2, 0.25) is 5.91 Å². The van der Waals surface area contributed by atoms with Gasteiger partial charge in [-0.05, 0) is 18.2 Å². The summed E-state index contributed by atoms with van der Waals surface area (Å²) in [6.45, 7) is 0. The summed E-state index contributed by atoms with van der Waals surface area (Å²) in [6.07, 6.45) is 0. The highest BCUT2D eigenvalue weighted by molar-refractivity contribution is 6.00. The van der Waals surface area contributed by atoms with Gasteiger partial charge in [0.25, 0.3) is 0 Å². The Labute approximate surface area is 116 Å². The van der Waals surface area contributed by atoms with Crippen molar-refractivity contribution in [2.45, 2.75) is 0 Å². The third kappa shape index (κ3) is 1.97. The molecule has 4 nitrogen and oxygen atoms in total. The number of nitrogen functional groups attached to an aromatic ring is 1. The Morgan fingerprint density at radius 2 is 1.75 bits per heavy atom. The van der Waals surface area contributed by atoms with Crippen LogP contribution < -0.4 is 11.5 Å². The van der Waals surface area contributed by atoms with E-state index in [4.69, 9.17) is 11.5 Å². The fourth-order valence-corrected chi connectivity index (χ4v) is 2.24. The molecule has 0 atom stereocenters. The molecule has 0 aliphatic rings. The minimum absolute atomic E-state index is 0.453. The van der Waals surface area contributed by atoms with E-state index in [0.717, 1.165) is 10.9 Å². The zero-order valence-corrected chi connectivity index (χ0v) is 10.7. The summed E-state index contributed by atoms with van der Waals surface area (Å²) in [5.74, 6) is -0.469. The maximum atomic E-state index is 11.5. The number of hydrogen-bond donors (Lipinski definition) is 2. The van der Waals surface area contributed by atoms with Crippen molar-refractivity contribution in [3.8, 4) is 11.3 Å². The highest BCUT2D eigenvalue weighted by Crippen LogP contribution is 2.26. The first kappa shape index (κ1) is 12.2. The molecular formula is C16H13N3O. The SMILES string of the molecule is NC(=O)c1ccccc1-c1ccc2cccc(N)c2n1. The molecule has 0 bridgehead atoms. The average Bonchev–Trinajstić information content (AvgIpc) is 2.47. The van der Waals surface area contributed by atoms with Crippen molar-refractivity contribution in [2.75, 3.05) is 5.73 Å². The largest absolute Gasteiger partial charge is 0.397 e. The zero-order chi connectivity index (χ0) is 14.1. The monoisotopic (exact) mass is 263 g/mol. The van der Waals surface area contributed by atoms with Gasteiger partial charge in [-0.3, -0.25) is 4.79 Å². The van der Waals surface area contributed by atoms with Gasteiger partial charge in [0.1, 0.15) is 0 Å². The average molecular weight is 263 g/mol. The van der Waals surface area contributed by atoms with E-state index >= 15 is 0 Å². The van der Waals surface area contributed by atoms with Gasteiger partial charge in [-0.1, -0.05) is 36.4 Å². The summed E-state index contributed by atoms with van der Waals surface area (Å²) in [4.78, 5) is 16.1. The second-order valence-electron chi connectivity index (χ2n) is 4.53. The van der Waals surface area contributed by atoms with Crippen LogP contribution in [-0.2, 0) is 0 Å². The fourth-order valence-electron chi connectivity index (χ4n) is 2.24. The van der Waals surface area contributed by atoms with E-state index < -0.39 is 5.91 Å². The van der Waals surface area contributed by atoms with Crippen LogP contribution in [0.2, 0.25) is 0 Å². The first-order valence-electron chi connectivity index (χ1n) is 6.21. The maximum absolute atomic E-state index is 11.5. The van der Waals surface area contributed by atoms with Crippen LogP contribution >= 0.6 is 0 Å². The first-order valence-corrected chi connectivity index (χ1v) is 6.21. The molecule has 0 aliphatic carbocycles. The fraction of sp³-hybridized carbons (Fsp3) is 0. The Balaban J connectivity index is 2.25. The van der Waals surface area contributed by atoms with E-state index in [9.17, 15) is 4.79 Å². The van der Waals surface area contributed by atoms with Crippen LogP contribution in [0.4, 0.5) is 5.69 Å². The second-order valence-corrected chi connectivity index (χ2v) is 4.53. The topological polar surface area (TPSA) is 82.0 Å². The molecule has 1 amide bonds. The molecule has 0 saturated heterocycles. The lowest BCUT2D eigenvalue weighted by Gasteiger charge is -2.08. The summed E-state index contributed by atoms with van der Waals surface area (Å²) >= 11 is 0. The van der Waals surface area contributed by atoms with Crippen LogP contribution in [0.15, 0.2) is 54.6 Å². The Hall–Kier alpha value is -2.88. The normalized spacial score (nSPS) is 10.6. The molecule has 3 aromatic rings. The van der Waals surface area contributed by atoms with E-state index in [1.165, 1.54) is 0 Å². The number of para-hydroxylation sites is 1. The number of amides is 1. The minimum atomic E-state index is -0.469. The number of aromatic nitrogens is 1. The van der Waals surface area contributed by atoms with E-state index in [0.29, 0.717) is 22.5 Å². The number of nitrogens with zero attached hydrogens (tertiary/aromatic N) is 1. The minimum Gasteiger partial charge on any atom is -0.397 e. The molecule has 0 radical (unpaired) electrons. The number of carbonyl (C=O) groups excluding carboxylic acids is 1. The van der Waals surface area contributed by atoms with Gasteiger partial charge in [-0.15, -0.1) is 0 Å². The second kappa shape index (κ2) is 4.66. The van der Waals surface area contributed by atoms with Crippen LogP contribution in [0.1, 0.15) is 10.4 Å². The third-order valence-corrected chi connectivity index (χ3v) is 3.22. The first-order chi connectivity index (χ1) is 9.66. The van der Waals surface area contributed by atoms with Crippen LogP contribution in [0, 0.1) is 0 Å². The van der Waals surface area contributed by atoms with Crippen molar-refractivity contribution >= 4 is 22.5 Å². The lowest BCUT2D eigenvalue weighted by atomic mass is 10.0. The zero-order valence-electron chi connectivity index (χ0n) is 10.7. The molecule has 20 heavy (non-hydrogen) atoms. The summed E-state index contributed by atoms with van der Waals surface area (Å²) in [5.41, 5.74) is 14.5. The van der Waals surface area contributed by atoms with Gasteiger partial charge in [0.15, 0.2) is 0 Å². The van der Waals surface area contributed by atoms with Crippen molar-refractivity contribution in [3.63, 3.8) is 0 Å². The molecule has 3 rings (SSSR count). The van der Waals surface area contributed by atoms with Gasteiger partial charge in [-0.2, -0.15) is 0 Å². The summed E-state index contributed by atoms with van der Waals surface area (Å²) in [7, 11) is 0. The van der Waals surface area contributed by atoms with Gasteiger partial charge >= 0.3 is 0 Å². The lowest BCUT2D eigenvalue weighted by molar-refractivity contribution is 0.100. The smallest absolute Gasteiger partial charge is 0.249 e. The number of anilines is 1. The maximum Gasteiger partial charge on any atom is 0.249 e. The third-order valence-electron chi connectivity index (χ3n) is 3.22. The number of carbonyl (C=O) groups is 1. The Morgan fingerprint density at radius 1 is 0.950 bits per heavy atom. The highest BCUT2D eigenvalue weighted by atomic mass is 16.1. The molecule has 1 aromatic heterocycles. The predicted molar refractivity (Wildman–Crippen MR) is 80.1 cm³/mol. The van der Waals surface area contributed by atoms with Gasteiger partial charge < -0.3 is 11.5 Å². The van der Waals surface area contributed by atoms with E-state index in [-0.39, 0.29) is 0 Å². The molecule has 0 unspecified atom stereocenters. The van der Waals surface area contributed by atoms with Gasteiger partial charge in [0.05, 0.1) is 16.9 Å². The Kier molecular flexibility index (Phi) is 2.84. The molecule has 0 fully saturated rings. The van der Waals surface area contributed by atoms with Gasteiger partial charge in [-0.25, -0.2) is 4.98 Å². The van der Waals surface area contributed by atoms with Crippen LogP contribution in [-0.4, -0.2) is 10.9 Å². The number of benzene rings is 2. The summed E-state index contributed by atoms with van der Waals surface area (Å²) in [5, 5.41) is 0.963. The van der Waals surface area contributed by atoms with E-state index in [1.54, 1.807) is 18.2 Å². The Morgan fingerprint density at radius 3 is 2.55 bits per heavy atom. The summed E-state index contributed by atoms with van der Waals surface area (Å²) in [6, 6.07) is 16.6. The standard InChI is InChI=1S/C16H13N3O/c17-13-7-3-4-10-8-9-14(19-15(10)13)11-5-1-2-6-12(11)16(18)20/h1-9H,17H2,(H2,18,20). The predicted octanol–water partition coefficient (Wildman–Crippen LogP) is 2.58. The van der Waals surface area contributed by atoms with E-state index in [1.807, 2.05) is 36.4 Å². The molecule has 4 N–H and O–H groups in total. The molecular weight excluding hydrogens is 250 g/mol. The molecule has 2 aromatic carbocycles. The number of rotatable bonds is 2. The van der Waals surface area contributed by atoms with Crippen molar-refractivity contribution in [2.24, 2.45) is 5.73 Å². The molecule has 0 spiro atoms. The molecule has 98 valence electrons. The highest BCUT2D eigenvalue weighted by Gasteiger charge is 2.11. The molecule has 0 aliphatic heterocycles. The number of nitrogens with two attached hydrogens (primary N) is 2. The van der Waals surface area contributed by atoms with Crippen molar-refractivity contribution in [1.29, 1.82) is 0 Å². The number of hydrogen-bond acceptors (Lipinski definition) is 3. The van der Waals surface area contributed by atoms with Crippen LogP contribution in [0.3, 0.4) is 0 Å². The van der Waals surface area contributed by atoms with Gasteiger partial charge in [0, 0.05) is 16.5 Å². The lowest BCUT2D eigenvalue weighted by Crippen LogP contribution is -2.12. The van der Waals surface area contributed by atoms with Crippen LogP contribution in [0.5, 0.6) is 0 Å². The number of fused-ring (bicyclic) bond motifs is 1. The van der Waals surface area contributed by atoms with Crippen molar-refractivity contribution < 1.29 is 4.79 Å². The quantitative estimate of drug-likeness (QED) is 0.697.